The summed E-state index contributed by atoms with van der Waals surface area (Å²) in [4.78, 5) is 10.6. The Labute approximate surface area is 113 Å². The zero-order chi connectivity index (χ0) is 13.8. The molecule has 1 N–H and O–H groups in total. The molecule has 1 saturated carbocycles. The highest BCUT2D eigenvalue weighted by Gasteiger charge is 2.19. The molecule has 102 valence electrons. The molecule has 2 rings (SSSR count). The predicted octanol–water partition coefficient (Wildman–Crippen LogP) is 3.64. The van der Waals surface area contributed by atoms with Gasteiger partial charge in [0.2, 0.25) is 0 Å². The van der Waals surface area contributed by atoms with Crippen molar-refractivity contribution in [2.45, 2.75) is 45.6 Å². The predicted molar refractivity (Wildman–Crippen MR) is 74.5 cm³/mol. The van der Waals surface area contributed by atoms with Crippen molar-refractivity contribution in [3.63, 3.8) is 0 Å². The number of ether oxygens (including phenoxy) is 1. The number of aryl methyl sites for hydroxylation is 1. The summed E-state index contributed by atoms with van der Waals surface area (Å²) >= 11 is 0. The number of hydrogen-bond donors (Lipinski definition) is 1. The summed E-state index contributed by atoms with van der Waals surface area (Å²) in [5.74, 6) is 0.111. The van der Waals surface area contributed by atoms with Crippen molar-refractivity contribution < 1.29 is 14.6 Å². The van der Waals surface area contributed by atoms with Crippen LogP contribution in [0.1, 0.15) is 36.8 Å². The van der Waals surface area contributed by atoms with Crippen LogP contribution >= 0.6 is 0 Å². The van der Waals surface area contributed by atoms with E-state index in [4.69, 9.17) is 9.84 Å². The number of allylic oxidation sites excluding steroid dienone is 1. The molecule has 0 heterocycles. The molecule has 1 aromatic rings. The molecule has 0 atom stereocenters. The Bertz CT molecular complexity index is 493. The van der Waals surface area contributed by atoms with Crippen LogP contribution in [-0.4, -0.2) is 17.2 Å². The lowest BCUT2D eigenvalue weighted by Gasteiger charge is -2.25. The fraction of sp³-hybridized carbons (Fsp3) is 0.438. The zero-order valence-electron chi connectivity index (χ0n) is 11.5. The highest BCUT2D eigenvalue weighted by molar-refractivity contribution is 5.80. The molecule has 0 spiro atoms. The van der Waals surface area contributed by atoms with Crippen LogP contribution in [0.25, 0.3) is 0 Å². The van der Waals surface area contributed by atoms with Gasteiger partial charge in [-0.3, -0.25) is 0 Å². The van der Waals surface area contributed by atoms with E-state index in [9.17, 15) is 4.79 Å². The van der Waals surface area contributed by atoms with Crippen LogP contribution in [0.15, 0.2) is 29.8 Å². The monoisotopic (exact) mass is 260 g/mol. The van der Waals surface area contributed by atoms with Gasteiger partial charge in [-0.1, -0.05) is 17.7 Å². The molecule has 0 saturated heterocycles. The van der Waals surface area contributed by atoms with E-state index in [1.165, 1.54) is 17.2 Å². The van der Waals surface area contributed by atoms with Crippen LogP contribution in [0, 0.1) is 13.8 Å². The SMILES string of the molecule is Cc1cccc(OC2CCC(=CC(=O)O)CC2)c1C. The Morgan fingerprint density at radius 2 is 2.00 bits per heavy atom. The van der Waals surface area contributed by atoms with Crippen LogP contribution in [-0.2, 0) is 4.79 Å². The van der Waals surface area contributed by atoms with Gasteiger partial charge in [-0.2, -0.15) is 0 Å². The maximum atomic E-state index is 10.6. The first kappa shape index (κ1) is 13.7. The molecule has 0 bridgehead atoms. The number of rotatable bonds is 3. The first-order valence-corrected chi connectivity index (χ1v) is 6.71. The van der Waals surface area contributed by atoms with Gasteiger partial charge >= 0.3 is 5.97 Å². The first-order chi connectivity index (χ1) is 9.06. The molecule has 0 radical (unpaired) electrons. The molecule has 1 aliphatic rings. The maximum absolute atomic E-state index is 10.6. The van der Waals surface area contributed by atoms with Crippen molar-refractivity contribution in [3.05, 3.63) is 41.0 Å². The highest BCUT2D eigenvalue weighted by Crippen LogP contribution is 2.29. The minimum absolute atomic E-state index is 0.200. The number of benzene rings is 1. The molecule has 1 fully saturated rings. The molecule has 0 aliphatic heterocycles. The second-order valence-electron chi connectivity index (χ2n) is 5.16. The molecule has 0 aromatic heterocycles. The zero-order valence-corrected chi connectivity index (χ0v) is 11.5. The number of hydrogen-bond acceptors (Lipinski definition) is 2. The summed E-state index contributed by atoms with van der Waals surface area (Å²) in [5.41, 5.74) is 3.45. The van der Waals surface area contributed by atoms with Crippen molar-refractivity contribution in [2.24, 2.45) is 0 Å². The lowest BCUT2D eigenvalue weighted by molar-refractivity contribution is -0.131. The first-order valence-electron chi connectivity index (χ1n) is 6.71. The van der Waals surface area contributed by atoms with Gasteiger partial charge in [-0.25, -0.2) is 4.79 Å². The van der Waals surface area contributed by atoms with E-state index in [1.54, 1.807) is 0 Å². The topological polar surface area (TPSA) is 46.5 Å². The third kappa shape index (κ3) is 3.60. The van der Waals surface area contributed by atoms with Crippen molar-refractivity contribution in [1.29, 1.82) is 0 Å². The third-order valence-corrected chi connectivity index (χ3v) is 3.75. The number of aliphatic carboxylic acids is 1. The molecule has 19 heavy (non-hydrogen) atoms. The minimum Gasteiger partial charge on any atom is -0.490 e. The van der Waals surface area contributed by atoms with Crippen LogP contribution in [0.5, 0.6) is 5.75 Å². The quantitative estimate of drug-likeness (QED) is 0.844. The van der Waals surface area contributed by atoms with Gasteiger partial charge in [0.1, 0.15) is 5.75 Å². The second kappa shape index (κ2) is 5.91. The van der Waals surface area contributed by atoms with Crippen molar-refractivity contribution >= 4 is 5.97 Å². The number of carbonyl (C=O) groups is 1. The van der Waals surface area contributed by atoms with E-state index in [1.807, 2.05) is 12.1 Å². The van der Waals surface area contributed by atoms with Crippen LogP contribution in [0.4, 0.5) is 0 Å². The molecule has 3 heteroatoms. The Kier molecular flexibility index (Phi) is 4.25. The average Bonchev–Trinajstić information content (AvgIpc) is 2.37. The molecule has 0 amide bonds. The van der Waals surface area contributed by atoms with Gasteiger partial charge in [0.15, 0.2) is 0 Å². The van der Waals surface area contributed by atoms with Gasteiger partial charge in [0, 0.05) is 6.08 Å². The summed E-state index contributed by atoms with van der Waals surface area (Å²) in [6.45, 7) is 4.15. The van der Waals surface area contributed by atoms with E-state index >= 15 is 0 Å². The van der Waals surface area contributed by atoms with Gasteiger partial charge in [0.25, 0.3) is 0 Å². The Morgan fingerprint density at radius 1 is 1.32 bits per heavy atom. The third-order valence-electron chi connectivity index (χ3n) is 3.75. The molecule has 3 nitrogen and oxygen atoms in total. The van der Waals surface area contributed by atoms with E-state index < -0.39 is 5.97 Å². The lowest BCUT2D eigenvalue weighted by atomic mass is 9.92. The minimum atomic E-state index is -0.844. The van der Waals surface area contributed by atoms with Gasteiger partial charge in [0.05, 0.1) is 6.10 Å². The summed E-state index contributed by atoms with van der Waals surface area (Å²) in [7, 11) is 0. The van der Waals surface area contributed by atoms with Crippen LogP contribution in [0.2, 0.25) is 0 Å². The second-order valence-corrected chi connectivity index (χ2v) is 5.16. The summed E-state index contributed by atoms with van der Waals surface area (Å²) in [6.07, 6.45) is 4.98. The number of carboxylic acids is 1. The molecular formula is C16H20O3. The van der Waals surface area contributed by atoms with Gasteiger partial charge in [-0.15, -0.1) is 0 Å². The highest BCUT2D eigenvalue weighted by atomic mass is 16.5. The smallest absolute Gasteiger partial charge is 0.328 e. The van der Waals surface area contributed by atoms with Crippen LogP contribution in [0.3, 0.4) is 0 Å². The molecule has 0 unspecified atom stereocenters. The van der Waals surface area contributed by atoms with Gasteiger partial charge in [-0.05, 0) is 56.7 Å². The van der Waals surface area contributed by atoms with Crippen molar-refractivity contribution in [1.82, 2.24) is 0 Å². The fourth-order valence-corrected chi connectivity index (χ4v) is 2.43. The Morgan fingerprint density at radius 3 is 2.63 bits per heavy atom. The number of carboxylic acid groups (broad SMARTS) is 1. The van der Waals surface area contributed by atoms with Crippen LogP contribution < -0.4 is 4.74 Å². The Hall–Kier alpha value is -1.77. The van der Waals surface area contributed by atoms with Gasteiger partial charge < -0.3 is 9.84 Å². The molecule has 1 aliphatic carbocycles. The van der Waals surface area contributed by atoms with E-state index in [0.29, 0.717) is 0 Å². The van der Waals surface area contributed by atoms with Crippen molar-refractivity contribution in [3.8, 4) is 5.75 Å². The summed E-state index contributed by atoms with van der Waals surface area (Å²) < 4.78 is 6.05. The lowest BCUT2D eigenvalue weighted by Crippen LogP contribution is -2.21. The van der Waals surface area contributed by atoms with E-state index in [-0.39, 0.29) is 6.10 Å². The summed E-state index contributed by atoms with van der Waals surface area (Å²) in [5, 5.41) is 8.73. The molecular weight excluding hydrogens is 240 g/mol. The molecule has 1 aromatic carbocycles. The van der Waals surface area contributed by atoms with Crippen molar-refractivity contribution in [2.75, 3.05) is 0 Å². The fourth-order valence-electron chi connectivity index (χ4n) is 2.43. The standard InChI is InChI=1S/C16H20O3/c1-11-4-3-5-15(12(11)2)19-14-8-6-13(7-9-14)10-16(17)18/h3-5,10,14H,6-9H2,1-2H3,(H,17,18). The maximum Gasteiger partial charge on any atom is 0.328 e. The van der Waals surface area contributed by atoms with E-state index in [0.717, 1.165) is 37.0 Å². The van der Waals surface area contributed by atoms with E-state index in [2.05, 4.69) is 19.9 Å². The Balaban J connectivity index is 1.96. The summed E-state index contributed by atoms with van der Waals surface area (Å²) in [6, 6.07) is 6.10. The average molecular weight is 260 g/mol. The largest absolute Gasteiger partial charge is 0.490 e. The normalized spacial score (nSPS) is 19.1.